The van der Waals surface area contributed by atoms with Crippen molar-refractivity contribution in [3.8, 4) is 5.69 Å². The number of hydrogen-bond donors (Lipinski definition) is 0. The maximum absolute atomic E-state index is 14.6. The molecule has 0 bridgehead atoms. The van der Waals surface area contributed by atoms with Crippen molar-refractivity contribution in [3.05, 3.63) is 41.5 Å². The van der Waals surface area contributed by atoms with Gasteiger partial charge in [0.2, 0.25) is 11.9 Å². The van der Waals surface area contributed by atoms with Crippen LogP contribution >= 0.6 is 0 Å². The second-order valence-electron chi connectivity index (χ2n) is 8.73. The van der Waals surface area contributed by atoms with Crippen molar-refractivity contribution in [1.82, 2.24) is 19.3 Å². The Labute approximate surface area is 186 Å². The summed E-state index contributed by atoms with van der Waals surface area (Å²) in [6, 6.07) is 5.41. The van der Waals surface area contributed by atoms with E-state index in [0.29, 0.717) is 30.6 Å². The van der Waals surface area contributed by atoms with Crippen molar-refractivity contribution in [2.24, 2.45) is 4.99 Å². The molecule has 2 saturated heterocycles. The SMILES string of the molecule is Cc1c(C)[n+]2c(n1-c1ccccc1F)N=C1C2C(=O)N(CCN2CCCCC2)C(=O)N1C. The lowest BCUT2D eigenvalue weighted by Gasteiger charge is -2.35. The van der Waals surface area contributed by atoms with E-state index in [1.54, 1.807) is 29.8 Å². The van der Waals surface area contributed by atoms with Crippen molar-refractivity contribution in [3.63, 3.8) is 0 Å². The Balaban J connectivity index is 1.52. The van der Waals surface area contributed by atoms with Gasteiger partial charge in [0.05, 0.1) is 0 Å². The molecule has 1 aromatic carbocycles. The number of urea groups is 1. The molecule has 3 aliphatic heterocycles. The van der Waals surface area contributed by atoms with Crippen molar-refractivity contribution < 1.29 is 18.5 Å². The number of imidazole rings is 1. The number of imide groups is 1. The molecule has 5 rings (SSSR count). The Kier molecular flexibility index (Phi) is 5.08. The summed E-state index contributed by atoms with van der Waals surface area (Å²) in [6.45, 7) is 6.83. The number of carbonyl (C=O) groups excluding carboxylic acids is 2. The van der Waals surface area contributed by atoms with Crippen LogP contribution in [0.4, 0.5) is 15.1 Å². The van der Waals surface area contributed by atoms with Gasteiger partial charge in [0.25, 0.3) is 5.91 Å². The molecule has 0 N–H and O–H groups in total. The van der Waals surface area contributed by atoms with Crippen LogP contribution in [0.3, 0.4) is 0 Å². The van der Waals surface area contributed by atoms with Gasteiger partial charge in [-0.3, -0.25) is 14.6 Å². The van der Waals surface area contributed by atoms with E-state index >= 15 is 0 Å². The van der Waals surface area contributed by atoms with E-state index in [2.05, 4.69) is 9.89 Å². The number of nitrogens with zero attached hydrogens (tertiary/aromatic N) is 6. The Hall–Kier alpha value is -3.07. The van der Waals surface area contributed by atoms with Gasteiger partial charge in [-0.1, -0.05) is 23.5 Å². The van der Waals surface area contributed by atoms with Crippen LogP contribution in [0.2, 0.25) is 0 Å². The second kappa shape index (κ2) is 7.81. The molecule has 3 amide bonds. The number of para-hydroxylation sites is 1. The van der Waals surface area contributed by atoms with E-state index in [0.717, 1.165) is 37.3 Å². The summed E-state index contributed by atoms with van der Waals surface area (Å²) >= 11 is 0. The van der Waals surface area contributed by atoms with Crippen molar-refractivity contribution >= 4 is 23.7 Å². The molecule has 2 fully saturated rings. The average Bonchev–Trinajstić information content (AvgIpc) is 3.29. The Morgan fingerprint density at radius 2 is 1.81 bits per heavy atom. The number of amides is 3. The monoisotopic (exact) mass is 439 g/mol. The number of aromatic nitrogens is 2. The highest BCUT2D eigenvalue weighted by molar-refractivity contribution is 6.19. The number of halogens is 1. The third-order valence-electron chi connectivity index (χ3n) is 6.90. The molecular formula is C23H28FN6O2+. The third kappa shape index (κ3) is 3.06. The highest BCUT2D eigenvalue weighted by Gasteiger charge is 2.54. The maximum Gasteiger partial charge on any atom is 0.407 e. The first kappa shape index (κ1) is 20.8. The van der Waals surface area contributed by atoms with Gasteiger partial charge in [-0.2, -0.15) is 4.57 Å². The van der Waals surface area contributed by atoms with E-state index in [-0.39, 0.29) is 17.8 Å². The van der Waals surface area contributed by atoms with Gasteiger partial charge >= 0.3 is 12.0 Å². The molecule has 1 atom stereocenters. The molecule has 4 heterocycles. The van der Waals surface area contributed by atoms with Gasteiger partial charge in [0.1, 0.15) is 17.1 Å². The molecule has 2 aromatic rings. The molecule has 1 aromatic heterocycles. The second-order valence-corrected chi connectivity index (χ2v) is 8.73. The number of likely N-dealkylation sites (N-methyl/N-ethyl adjacent to an activating group) is 1. The van der Waals surface area contributed by atoms with Crippen molar-refractivity contribution in [2.75, 3.05) is 33.2 Å². The minimum absolute atomic E-state index is 0.276. The molecule has 168 valence electrons. The van der Waals surface area contributed by atoms with Gasteiger partial charge in [0.15, 0.2) is 5.82 Å². The molecule has 1 unspecified atom stereocenters. The van der Waals surface area contributed by atoms with E-state index in [9.17, 15) is 14.0 Å². The third-order valence-corrected chi connectivity index (χ3v) is 6.90. The normalized spacial score (nSPS) is 21.1. The first-order chi connectivity index (χ1) is 15.4. The van der Waals surface area contributed by atoms with E-state index < -0.39 is 6.04 Å². The minimum atomic E-state index is -0.722. The summed E-state index contributed by atoms with van der Waals surface area (Å²) in [6.07, 6.45) is 3.55. The van der Waals surface area contributed by atoms with Gasteiger partial charge in [0, 0.05) is 20.1 Å². The zero-order valence-electron chi connectivity index (χ0n) is 18.7. The topological polar surface area (TPSA) is 65.0 Å². The maximum atomic E-state index is 14.6. The summed E-state index contributed by atoms with van der Waals surface area (Å²) < 4.78 is 18.2. The number of likely N-dealkylation sites (tertiary alicyclic amines) is 1. The molecular weight excluding hydrogens is 411 g/mol. The number of benzene rings is 1. The Morgan fingerprint density at radius 1 is 1.09 bits per heavy atom. The predicted octanol–water partition coefficient (Wildman–Crippen LogP) is 2.49. The fourth-order valence-electron chi connectivity index (χ4n) is 4.99. The average molecular weight is 440 g/mol. The van der Waals surface area contributed by atoms with Crippen LogP contribution in [0.5, 0.6) is 0 Å². The van der Waals surface area contributed by atoms with Gasteiger partial charge in [-0.05, 0) is 51.9 Å². The number of hydrogen-bond acceptors (Lipinski definition) is 4. The molecule has 0 spiro atoms. The summed E-state index contributed by atoms with van der Waals surface area (Å²) in [5.41, 5.74) is 1.99. The summed E-state index contributed by atoms with van der Waals surface area (Å²) in [7, 11) is 1.65. The van der Waals surface area contributed by atoms with Crippen LogP contribution < -0.4 is 4.57 Å². The lowest BCUT2D eigenvalue weighted by atomic mass is 10.1. The fourth-order valence-corrected chi connectivity index (χ4v) is 4.99. The van der Waals surface area contributed by atoms with E-state index in [1.807, 2.05) is 18.4 Å². The van der Waals surface area contributed by atoms with Crippen LogP contribution in [-0.2, 0) is 4.79 Å². The lowest BCUT2D eigenvalue weighted by molar-refractivity contribution is -0.682. The molecule has 3 aliphatic rings. The number of amidine groups is 1. The Bertz CT molecular complexity index is 1130. The summed E-state index contributed by atoms with van der Waals surface area (Å²) in [5.74, 6) is 0.192. The fraction of sp³-hybridized carbons (Fsp3) is 0.478. The minimum Gasteiger partial charge on any atom is -0.302 e. The van der Waals surface area contributed by atoms with Gasteiger partial charge in [-0.15, -0.1) is 0 Å². The number of aliphatic imine (C=N–C) groups is 1. The lowest BCUT2D eigenvalue weighted by Crippen LogP contribution is -2.64. The first-order valence-corrected chi connectivity index (χ1v) is 11.2. The van der Waals surface area contributed by atoms with E-state index in [4.69, 9.17) is 0 Å². The zero-order chi connectivity index (χ0) is 22.6. The zero-order valence-corrected chi connectivity index (χ0v) is 18.7. The Morgan fingerprint density at radius 3 is 2.53 bits per heavy atom. The van der Waals surface area contributed by atoms with Crippen molar-refractivity contribution in [1.29, 1.82) is 0 Å². The largest absolute Gasteiger partial charge is 0.407 e. The highest BCUT2D eigenvalue weighted by Crippen LogP contribution is 2.33. The van der Waals surface area contributed by atoms with Crippen LogP contribution in [0.25, 0.3) is 5.69 Å². The number of carbonyl (C=O) groups is 2. The number of fused-ring (bicyclic) bond motifs is 3. The number of piperidine rings is 1. The predicted molar refractivity (Wildman–Crippen MR) is 117 cm³/mol. The molecule has 0 saturated carbocycles. The molecule has 8 nitrogen and oxygen atoms in total. The molecule has 32 heavy (non-hydrogen) atoms. The quantitative estimate of drug-likeness (QED) is 0.688. The summed E-state index contributed by atoms with van der Waals surface area (Å²) in [4.78, 5) is 36.4. The van der Waals surface area contributed by atoms with Crippen LogP contribution in [0, 0.1) is 19.7 Å². The molecule has 9 heteroatoms. The van der Waals surface area contributed by atoms with Crippen LogP contribution in [0.1, 0.15) is 36.7 Å². The standard InChI is InChI=1S/C23H28FN6O2/c1-15-16(2)30-19-20(25-22(30)29(15)18-10-6-5-9-17(18)24)26(3)23(32)28(21(19)31)14-13-27-11-7-4-8-12-27/h5-6,9-10,19H,4,7-8,11-14H2,1-3H3/q+1. The van der Waals surface area contributed by atoms with Gasteiger partial charge < -0.3 is 4.90 Å². The highest BCUT2D eigenvalue weighted by atomic mass is 19.1. The summed E-state index contributed by atoms with van der Waals surface area (Å²) in [5, 5.41) is 0. The van der Waals surface area contributed by atoms with Crippen LogP contribution in [-0.4, -0.2) is 70.3 Å². The molecule has 0 aliphatic carbocycles. The van der Waals surface area contributed by atoms with Gasteiger partial charge in [-0.25, -0.2) is 13.8 Å². The van der Waals surface area contributed by atoms with Crippen molar-refractivity contribution in [2.45, 2.75) is 39.2 Å². The van der Waals surface area contributed by atoms with E-state index in [1.165, 1.54) is 22.3 Å². The smallest absolute Gasteiger partial charge is 0.302 e. The first-order valence-electron chi connectivity index (χ1n) is 11.2. The van der Waals surface area contributed by atoms with Crippen LogP contribution in [0.15, 0.2) is 29.3 Å². The number of rotatable bonds is 4. The molecule has 0 radical (unpaired) electrons.